The smallest absolute Gasteiger partial charge is 0.220 e. The fourth-order valence-electron chi connectivity index (χ4n) is 3.17. The Morgan fingerprint density at radius 1 is 1.38 bits per heavy atom. The summed E-state index contributed by atoms with van der Waals surface area (Å²) in [5, 5.41) is 7.59. The largest absolute Gasteiger partial charge is 0.381 e. The number of para-hydroxylation sites is 1. The van der Waals surface area contributed by atoms with Gasteiger partial charge >= 0.3 is 0 Å². The molecule has 1 aromatic heterocycles. The number of aryl methyl sites for hydroxylation is 2. The van der Waals surface area contributed by atoms with Crippen LogP contribution in [0.3, 0.4) is 0 Å². The Hall–Kier alpha value is -2.14. The number of hydrogen-bond acceptors (Lipinski definition) is 3. The zero-order valence-corrected chi connectivity index (χ0v) is 14.4. The second-order valence-corrected chi connectivity index (χ2v) is 6.51. The zero-order valence-electron chi connectivity index (χ0n) is 14.4. The van der Waals surface area contributed by atoms with Crippen LogP contribution in [0.15, 0.2) is 30.3 Å². The van der Waals surface area contributed by atoms with Gasteiger partial charge < -0.3 is 10.1 Å². The molecule has 0 saturated carbocycles. The lowest BCUT2D eigenvalue weighted by Gasteiger charge is -2.13. The Balaban J connectivity index is 1.61. The van der Waals surface area contributed by atoms with Gasteiger partial charge in [-0.05, 0) is 50.3 Å². The maximum atomic E-state index is 12.1. The molecular weight excluding hydrogens is 302 g/mol. The fourth-order valence-corrected chi connectivity index (χ4v) is 3.17. The van der Waals surface area contributed by atoms with Crippen molar-refractivity contribution in [3.05, 3.63) is 47.3 Å². The molecule has 128 valence electrons. The molecule has 2 aromatic rings. The summed E-state index contributed by atoms with van der Waals surface area (Å²) >= 11 is 0. The molecule has 1 aliphatic heterocycles. The first kappa shape index (κ1) is 16.7. The summed E-state index contributed by atoms with van der Waals surface area (Å²) in [6.07, 6.45) is 2.55. The third-order valence-electron chi connectivity index (χ3n) is 4.51. The van der Waals surface area contributed by atoms with Gasteiger partial charge in [0.15, 0.2) is 0 Å². The minimum Gasteiger partial charge on any atom is -0.381 e. The predicted molar refractivity (Wildman–Crippen MR) is 93.0 cm³/mol. The molecule has 0 spiro atoms. The van der Waals surface area contributed by atoms with E-state index in [2.05, 4.69) is 16.5 Å². The third kappa shape index (κ3) is 4.03. The van der Waals surface area contributed by atoms with Gasteiger partial charge in [-0.2, -0.15) is 5.10 Å². The Morgan fingerprint density at radius 2 is 2.21 bits per heavy atom. The molecular formula is C19H25N3O2. The van der Waals surface area contributed by atoms with Crippen LogP contribution >= 0.6 is 0 Å². The molecule has 1 fully saturated rings. The number of rotatable bonds is 6. The number of nitrogens with one attached hydrogen (secondary N) is 1. The molecule has 3 rings (SSSR count). The highest BCUT2D eigenvalue weighted by atomic mass is 16.5. The van der Waals surface area contributed by atoms with Gasteiger partial charge in [-0.15, -0.1) is 0 Å². The highest BCUT2D eigenvalue weighted by Gasteiger charge is 2.17. The molecule has 24 heavy (non-hydrogen) atoms. The first-order valence-electron chi connectivity index (χ1n) is 8.59. The summed E-state index contributed by atoms with van der Waals surface area (Å²) < 4.78 is 7.29. The average molecular weight is 327 g/mol. The molecule has 0 bridgehead atoms. The number of amides is 1. The van der Waals surface area contributed by atoms with E-state index in [1.807, 2.05) is 42.8 Å². The summed E-state index contributed by atoms with van der Waals surface area (Å²) in [5.74, 6) is 0.641. The van der Waals surface area contributed by atoms with E-state index in [-0.39, 0.29) is 5.91 Å². The maximum Gasteiger partial charge on any atom is 0.220 e. The molecule has 1 saturated heterocycles. The molecule has 5 nitrogen and oxygen atoms in total. The molecule has 0 aliphatic carbocycles. The number of carbonyl (C=O) groups is 1. The van der Waals surface area contributed by atoms with Crippen LogP contribution in [0, 0.1) is 19.8 Å². The van der Waals surface area contributed by atoms with Gasteiger partial charge in [0.05, 0.1) is 11.4 Å². The standard InChI is InChI=1S/C19H25N3O2/c1-14-11-15(2)22(21-14)18-6-4-3-5-17(18)12-20-19(23)8-7-16-9-10-24-13-16/h3-6,11,16H,7-10,12-13H2,1-2H3,(H,20,23). The molecule has 1 atom stereocenters. The van der Waals surface area contributed by atoms with E-state index in [0.717, 1.165) is 48.7 Å². The van der Waals surface area contributed by atoms with Crippen molar-refractivity contribution in [2.45, 2.75) is 39.7 Å². The Labute approximate surface area is 143 Å². The Bertz CT molecular complexity index is 702. The summed E-state index contributed by atoms with van der Waals surface area (Å²) in [6, 6.07) is 10.1. The maximum absolute atomic E-state index is 12.1. The van der Waals surface area contributed by atoms with Gasteiger partial charge in [-0.25, -0.2) is 4.68 Å². The van der Waals surface area contributed by atoms with E-state index in [0.29, 0.717) is 18.9 Å². The van der Waals surface area contributed by atoms with Crippen molar-refractivity contribution in [3.8, 4) is 5.69 Å². The first-order valence-corrected chi connectivity index (χ1v) is 8.59. The summed E-state index contributed by atoms with van der Waals surface area (Å²) in [7, 11) is 0. The van der Waals surface area contributed by atoms with Crippen LogP contribution in [0.5, 0.6) is 0 Å². The number of ether oxygens (including phenoxy) is 1. The number of hydrogen-bond donors (Lipinski definition) is 1. The van der Waals surface area contributed by atoms with Crippen molar-refractivity contribution in [1.82, 2.24) is 15.1 Å². The molecule has 1 amide bonds. The fraction of sp³-hybridized carbons (Fsp3) is 0.474. The van der Waals surface area contributed by atoms with Crippen molar-refractivity contribution in [3.63, 3.8) is 0 Å². The second kappa shape index (κ2) is 7.62. The third-order valence-corrected chi connectivity index (χ3v) is 4.51. The highest BCUT2D eigenvalue weighted by molar-refractivity contribution is 5.76. The quantitative estimate of drug-likeness (QED) is 0.887. The molecule has 2 heterocycles. The van der Waals surface area contributed by atoms with E-state index in [4.69, 9.17) is 4.74 Å². The van der Waals surface area contributed by atoms with E-state index in [1.54, 1.807) is 0 Å². The van der Waals surface area contributed by atoms with Crippen LogP contribution in [0.1, 0.15) is 36.2 Å². The monoisotopic (exact) mass is 327 g/mol. The van der Waals surface area contributed by atoms with E-state index >= 15 is 0 Å². The van der Waals surface area contributed by atoms with Crippen LogP contribution in [-0.4, -0.2) is 28.9 Å². The van der Waals surface area contributed by atoms with Crippen molar-refractivity contribution in [2.24, 2.45) is 5.92 Å². The first-order chi connectivity index (χ1) is 11.6. The van der Waals surface area contributed by atoms with Gasteiger partial charge in [-0.1, -0.05) is 18.2 Å². The molecule has 1 unspecified atom stereocenters. The van der Waals surface area contributed by atoms with Crippen LogP contribution in [0.2, 0.25) is 0 Å². The second-order valence-electron chi connectivity index (χ2n) is 6.51. The minimum absolute atomic E-state index is 0.102. The lowest BCUT2D eigenvalue weighted by molar-refractivity contribution is -0.121. The minimum atomic E-state index is 0.102. The Morgan fingerprint density at radius 3 is 2.92 bits per heavy atom. The van der Waals surface area contributed by atoms with Gasteiger partial charge in [-0.3, -0.25) is 4.79 Å². The van der Waals surface area contributed by atoms with E-state index in [1.165, 1.54) is 0 Å². The number of benzene rings is 1. The van der Waals surface area contributed by atoms with Crippen molar-refractivity contribution in [2.75, 3.05) is 13.2 Å². The zero-order chi connectivity index (χ0) is 16.9. The van der Waals surface area contributed by atoms with E-state index < -0.39 is 0 Å². The number of aromatic nitrogens is 2. The van der Waals surface area contributed by atoms with Crippen LogP contribution < -0.4 is 5.32 Å². The predicted octanol–water partition coefficient (Wildman–Crippen LogP) is 2.92. The Kier molecular flexibility index (Phi) is 5.30. The average Bonchev–Trinajstić information content (AvgIpc) is 3.20. The van der Waals surface area contributed by atoms with Crippen molar-refractivity contribution in [1.29, 1.82) is 0 Å². The van der Waals surface area contributed by atoms with Crippen LogP contribution in [0.25, 0.3) is 5.69 Å². The lowest BCUT2D eigenvalue weighted by atomic mass is 10.0. The van der Waals surface area contributed by atoms with E-state index in [9.17, 15) is 4.79 Å². The van der Waals surface area contributed by atoms with Gasteiger partial charge in [0.25, 0.3) is 0 Å². The van der Waals surface area contributed by atoms with Crippen molar-refractivity contribution < 1.29 is 9.53 Å². The lowest BCUT2D eigenvalue weighted by Crippen LogP contribution is -2.24. The molecule has 1 aromatic carbocycles. The van der Waals surface area contributed by atoms with Gasteiger partial charge in [0.2, 0.25) is 5.91 Å². The van der Waals surface area contributed by atoms with Gasteiger partial charge in [0, 0.05) is 31.9 Å². The molecule has 1 N–H and O–H groups in total. The molecule has 5 heteroatoms. The highest BCUT2D eigenvalue weighted by Crippen LogP contribution is 2.19. The normalized spacial score (nSPS) is 17.2. The topological polar surface area (TPSA) is 56.2 Å². The number of nitrogens with zero attached hydrogens (tertiary/aromatic N) is 2. The molecule has 0 radical (unpaired) electrons. The molecule has 1 aliphatic rings. The summed E-state index contributed by atoms with van der Waals surface area (Å²) in [5.41, 5.74) is 4.17. The van der Waals surface area contributed by atoms with Crippen molar-refractivity contribution >= 4 is 5.91 Å². The van der Waals surface area contributed by atoms with Gasteiger partial charge in [0.1, 0.15) is 0 Å². The SMILES string of the molecule is Cc1cc(C)n(-c2ccccc2CNC(=O)CCC2CCOC2)n1. The van der Waals surface area contributed by atoms with Crippen LogP contribution in [0.4, 0.5) is 0 Å². The summed E-state index contributed by atoms with van der Waals surface area (Å²) in [4.78, 5) is 12.1. The summed E-state index contributed by atoms with van der Waals surface area (Å²) in [6.45, 7) is 6.19. The van der Waals surface area contributed by atoms with Crippen LogP contribution in [-0.2, 0) is 16.1 Å². The number of carbonyl (C=O) groups excluding carboxylic acids is 1.